The lowest BCUT2D eigenvalue weighted by Crippen LogP contribution is -2.31. The quantitative estimate of drug-likeness (QED) is 0.620. The molecule has 1 aromatic heterocycles. The Morgan fingerprint density at radius 2 is 1.82 bits per heavy atom. The second kappa shape index (κ2) is 8.67. The Morgan fingerprint density at radius 3 is 2.54 bits per heavy atom. The highest BCUT2D eigenvalue weighted by Crippen LogP contribution is 2.16. The Balaban J connectivity index is 1.56. The van der Waals surface area contributed by atoms with Crippen molar-refractivity contribution >= 4 is 34.2 Å². The van der Waals surface area contributed by atoms with Gasteiger partial charge in [0.1, 0.15) is 0 Å². The standard InChI is InChI=1S/C20H18ClN3O4/c1-12(13-6-8-14(21)9-7-13)22-18(25)11-28-19(26)10-17-15-4-2-3-5-16(15)20(27)24-23-17/h2-9,12H,10-11H2,1H3,(H,22,25)(H,24,27)/t12-/m0/s1. The van der Waals surface area contributed by atoms with Crippen molar-refractivity contribution in [1.29, 1.82) is 0 Å². The molecule has 0 aliphatic heterocycles. The number of hydrogen-bond acceptors (Lipinski definition) is 5. The number of esters is 1. The number of halogens is 1. The van der Waals surface area contributed by atoms with Crippen LogP contribution in [0.15, 0.2) is 53.3 Å². The van der Waals surface area contributed by atoms with Crippen molar-refractivity contribution < 1.29 is 14.3 Å². The molecule has 0 spiro atoms. The van der Waals surface area contributed by atoms with Crippen LogP contribution in [-0.4, -0.2) is 28.7 Å². The van der Waals surface area contributed by atoms with E-state index in [0.717, 1.165) is 5.56 Å². The third-order valence-electron chi connectivity index (χ3n) is 4.20. The fourth-order valence-corrected chi connectivity index (χ4v) is 2.88. The maximum absolute atomic E-state index is 12.1. The first-order valence-corrected chi connectivity index (χ1v) is 8.98. The van der Waals surface area contributed by atoms with Crippen LogP contribution in [0.3, 0.4) is 0 Å². The molecule has 3 rings (SSSR count). The van der Waals surface area contributed by atoms with Gasteiger partial charge in [0.25, 0.3) is 11.5 Å². The average Bonchev–Trinajstić information content (AvgIpc) is 2.69. The van der Waals surface area contributed by atoms with Crippen LogP contribution in [0.5, 0.6) is 0 Å². The summed E-state index contributed by atoms with van der Waals surface area (Å²) >= 11 is 5.85. The van der Waals surface area contributed by atoms with Crippen molar-refractivity contribution in [2.75, 3.05) is 6.61 Å². The highest BCUT2D eigenvalue weighted by atomic mass is 35.5. The lowest BCUT2D eigenvalue weighted by atomic mass is 10.1. The molecule has 0 aliphatic carbocycles. The van der Waals surface area contributed by atoms with E-state index in [9.17, 15) is 14.4 Å². The summed E-state index contributed by atoms with van der Waals surface area (Å²) in [6.45, 7) is 1.41. The molecular weight excluding hydrogens is 382 g/mol. The van der Waals surface area contributed by atoms with Crippen molar-refractivity contribution in [3.8, 4) is 0 Å². The largest absolute Gasteiger partial charge is 0.455 e. The van der Waals surface area contributed by atoms with Crippen molar-refractivity contribution in [2.24, 2.45) is 0 Å². The van der Waals surface area contributed by atoms with Gasteiger partial charge in [-0.2, -0.15) is 5.10 Å². The number of nitrogens with one attached hydrogen (secondary N) is 2. The number of fused-ring (bicyclic) bond motifs is 1. The molecule has 0 saturated heterocycles. The molecule has 3 aromatic rings. The van der Waals surface area contributed by atoms with E-state index in [0.29, 0.717) is 21.5 Å². The van der Waals surface area contributed by atoms with Gasteiger partial charge in [-0.25, -0.2) is 5.10 Å². The van der Waals surface area contributed by atoms with Gasteiger partial charge in [-0.1, -0.05) is 41.9 Å². The van der Waals surface area contributed by atoms with E-state index in [1.807, 2.05) is 19.1 Å². The van der Waals surface area contributed by atoms with Gasteiger partial charge < -0.3 is 10.1 Å². The average molecular weight is 400 g/mol. The monoisotopic (exact) mass is 399 g/mol. The van der Waals surface area contributed by atoms with E-state index < -0.39 is 18.5 Å². The normalized spacial score (nSPS) is 11.8. The predicted octanol–water partition coefficient (Wildman–Crippen LogP) is 2.54. The number of carbonyl (C=O) groups is 2. The summed E-state index contributed by atoms with van der Waals surface area (Å²) in [5.74, 6) is -1.03. The Morgan fingerprint density at radius 1 is 1.14 bits per heavy atom. The minimum absolute atomic E-state index is 0.155. The zero-order chi connectivity index (χ0) is 20.1. The van der Waals surface area contributed by atoms with Crippen LogP contribution >= 0.6 is 11.6 Å². The van der Waals surface area contributed by atoms with Gasteiger partial charge in [0.2, 0.25) is 0 Å². The van der Waals surface area contributed by atoms with Crippen molar-refractivity contribution in [3.63, 3.8) is 0 Å². The SMILES string of the molecule is C[C@H](NC(=O)COC(=O)Cc1n[nH]c(=O)c2ccccc12)c1ccc(Cl)cc1. The third kappa shape index (κ3) is 4.75. The van der Waals surface area contributed by atoms with E-state index in [1.54, 1.807) is 36.4 Å². The zero-order valence-corrected chi connectivity index (χ0v) is 15.8. The van der Waals surface area contributed by atoms with E-state index in [2.05, 4.69) is 15.5 Å². The van der Waals surface area contributed by atoms with Gasteiger partial charge in [-0.15, -0.1) is 0 Å². The minimum Gasteiger partial charge on any atom is -0.455 e. The number of carbonyl (C=O) groups excluding carboxylic acids is 2. The molecule has 1 amide bonds. The van der Waals surface area contributed by atoms with Gasteiger partial charge in [0.05, 0.1) is 23.5 Å². The van der Waals surface area contributed by atoms with Crippen LogP contribution in [0.2, 0.25) is 5.02 Å². The molecule has 2 N–H and O–H groups in total. The van der Waals surface area contributed by atoms with E-state index in [1.165, 1.54) is 0 Å². The summed E-state index contributed by atoms with van der Waals surface area (Å²) in [5, 5.41) is 10.7. The highest BCUT2D eigenvalue weighted by molar-refractivity contribution is 6.30. The smallest absolute Gasteiger partial charge is 0.312 e. The molecule has 2 aromatic carbocycles. The van der Waals surface area contributed by atoms with E-state index in [-0.39, 0.29) is 18.0 Å². The maximum Gasteiger partial charge on any atom is 0.312 e. The first-order chi connectivity index (χ1) is 13.4. The second-order valence-electron chi connectivity index (χ2n) is 6.22. The molecule has 0 bridgehead atoms. The molecule has 1 heterocycles. The molecular formula is C20H18ClN3O4. The van der Waals surface area contributed by atoms with Crippen LogP contribution in [0.4, 0.5) is 0 Å². The molecule has 0 unspecified atom stereocenters. The van der Waals surface area contributed by atoms with Crippen LogP contribution in [-0.2, 0) is 20.7 Å². The van der Waals surface area contributed by atoms with Gasteiger partial charge in [-0.3, -0.25) is 14.4 Å². The topological polar surface area (TPSA) is 101 Å². The zero-order valence-electron chi connectivity index (χ0n) is 15.1. The molecule has 144 valence electrons. The first kappa shape index (κ1) is 19.6. The molecule has 0 fully saturated rings. The van der Waals surface area contributed by atoms with E-state index in [4.69, 9.17) is 16.3 Å². The maximum atomic E-state index is 12.1. The molecule has 1 atom stereocenters. The van der Waals surface area contributed by atoms with Gasteiger partial charge in [-0.05, 0) is 30.7 Å². The molecule has 0 saturated carbocycles. The van der Waals surface area contributed by atoms with Gasteiger partial charge >= 0.3 is 5.97 Å². The van der Waals surface area contributed by atoms with Crippen LogP contribution in [0.1, 0.15) is 24.2 Å². The van der Waals surface area contributed by atoms with E-state index >= 15 is 0 Å². The predicted molar refractivity (Wildman–Crippen MR) is 105 cm³/mol. The van der Waals surface area contributed by atoms with Gasteiger partial charge in [0.15, 0.2) is 6.61 Å². The fraction of sp³-hybridized carbons (Fsp3) is 0.200. The number of benzene rings is 2. The second-order valence-corrected chi connectivity index (χ2v) is 6.66. The number of hydrogen-bond donors (Lipinski definition) is 2. The van der Waals surface area contributed by atoms with Crippen molar-refractivity contribution in [1.82, 2.24) is 15.5 Å². The number of rotatable bonds is 6. The van der Waals surface area contributed by atoms with Crippen LogP contribution in [0, 0.1) is 0 Å². The summed E-state index contributed by atoms with van der Waals surface area (Å²) < 4.78 is 5.04. The Hall–Kier alpha value is -3.19. The summed E-state index contributed by atoms with van der Waals surface area (Å²) in [4.78, 5) is 35.9. The van der Waals surface area contributed by atoms with Gasteiger partial charge in [0, 0.05) is 10.4 Å². The molecule has 8 heteroatoms. The van der Waals surface area contributed by atoms with Crippen LogP contribution in [0.25, 0.3) is 10.8 Å². The molecule has 0 aliphatic rings. The molecule has 7 nitrogen and oxygen atoms in total. The summed E-state index contributed by atoms with van der Waals surface area (Å²) in [7, 11) is 0. The molecule has 0 radical (unpaired) electrons. The highest BCUT2D eigenvalue weighted by Gasteiger charge is 2.15. The molecule has 28 heavy (non-hydrogen) atoms. The Kier molecular flexibility index (Phi) is 6.06. The number of amides is 1. The minimum atomic E-state index is -0.612. The number of ether oxygens (including phenoxy) is 1. The van der Waals surface area contributed by atoms with Crippen molar-refractivity contribution in [2.45, 2.75) is 19.4 Å². The number of aromatic amines is 1. The number of H-pyrrole nitrogens is 1. The summed E-state index contributed by atoms with van der Waals surface area (Å²) in [6.07, 6.45) is -0.155. The summed E-state index contributed by atoms with van der Waals surface area (Å²) in [5.41, 5.74) is 0.936. The fourth-order valence-electron chi connectivity index (χ4n) is 2.76. The van der Waals surface area contributed by atoms with Crippen molar-refractivity contribution in [3.05, 3.63) is 75.2 Å². The first-order valence-electron chi connectivity index (χ1n) is 8.61. The lowest BCUT2D eigenvalue weighted by Gasteiger charge is -2.14. The summed E-state index contributed by atoms with van der Waals surface area (Å²) in [6, 6.07) is 13.7. The number of nitrogens with zero attached hydrogens (tertiary/aromatic N) is 1. The van der Waals surface area contributed by atoms with Crippen LogP contribution < -0.4 is 10.9 Å². The third-order valence-corrected chi connectivity index (χ3v) is 4.45. The Bertz CT molecular complexity index is 1060. The Labute approximate surface area is 165 Å². The number of aromatic nitrogens is 2. The lowest BCUT2D eigenvalue weighted by molar-refractivity contribution is -0.148.